The van der Waals surface area contributed by atoms with Crippen LogP contribution in [0, 0.1) is 19.8 Å². The van der Waals surface area contributed by atoms with E-state index >= 15 is 0 Å². The van der Waals surface area contributed by atoms with Crippen LogP contribution >= 0.6 is 11.6 Å². The lowest BCUT2D eigenvalue weighted by molar-refractivity contribution is -0.145. The molecular weight excluding hydrogens is 390 g/mol. The fourth-order valence-corrected chi connectivity index (χ4v) is 4.67. The molecule has 1 spiro atoms. The molecular formula is C23H30ClNO4. The maximum atomic E-state index is 13.2. The van der Waals surface area contributed by atoms with Gasteiger partial charge in [-0.25, -0.2) is 0 Å². The number of methoxy groups -OCH3 is 1. The van der Waals surface area contributed by atoms with Crippen molar-refractivity contribution in [2.45, 2.75) is 71.4 Å². The third-order valence-corrected chi connectivity index (χ3v) is 6.54. The molecule has 0 aromatic heterocycles. The van der Waals surface area contributed by atoms with Gasteiger partial charge in [-0.2, -0.15) is 0 Å². The van der Waals surface area contributed by atoms with E-state index < -0.39 is 5.54 Å². The van der Waals surface area contributed by atoms with Crippen molar-refractivity contribution < 1.29 is 19.1 Å². The lowest BCUT2D eigenvalue weighted by atomic mass is 9.73. The van der Waals surface area contributed by atoms with E-state index in [9.17, 15) is 9.59 Å². The summed E-state index contributed by atoms with van der Waals surface area (Å²) < 4.78 is 11.6. The Balaban J connectivity index is 2.16. The van der Waals surface area contributed by atoms with Crippen LogP contribution in [0.3, 0.4) is 0 Å². The smallest absolute Gasteiger partial charge is 0.313 e. The van der Waals surface area contributed by atoms with Crippen molar-refractivity contribution >= 4 is 29.1 Å². The number of ether oxygens (including phenoxy) is 2. The van der Waals surface area contributed by atoms with Crippen LogP contribution in [0.4, 0.5) is 0 Å². The second kappa shape index (κ2) is 7.77. The van der Waals surface area contributed by atoms with Gasteiger partial charge >= 0.3 is 5.97 Å². The first kappa shape index (κ1) is 21.8. The molecule has 1 N–H and O–H groups in total. The number of amides is 1. The minimum Gasteiger partial charge on any atom is -0.427 e. The molecule has 0 saturated heterocycles. The molecule has 1 heterocycles. The van der Waals surface area contributed by atoms with E-state index in [4.69, 9.17) is 21.1 Å². The molecule has 0 atom stereocenters. The van der Waals surface area contributed by atoms with Crippen molar-refractivity contribution in [3.63, 3.8) is 0 Å². The van der Waals surface area contributed by atoms with Crippen LogP contribution in [-0.2, 0) is 19.1 Å². The van der Waals surface area contributed by atoms with Gasteiger partial charge in [-0.1, -0.05) is 25.4 Å². The van der Waals surface area contributed by atoms with Crippen LogP contribution in [0.5, 0.6) is 0 Å². The molecule has 0 unspecified atom stereocenters. The van der Waals surface area contributed by atoms with Gasteiger partial charge in [0.05, 0.1) is 22.6 Å². The summed E-state index contributed by atoms with van der Waals surface area (Å²) in [6.45, 7) is 9.51. The Morgan fingerprint density at radius 1 is 1.14 bits per heavy atom. The first-order chi connectivity index (χ1) is 13.5. The fourth-order valence-electron chi connectivity index (χ4n) is 4.34. The Morgan fingerprint density at radius 2 is 1.69 bits per heavy atom. The number of aryl methyl sites for hydroxylation is 2. The highest BCUT2D eigenvalue weighted by Gasteiger charge is 2.52. The van der Waals surface area contributed by atoms with E-state index in [-0.39, 0.29) is 23.4 Å². The summed E-state index contributed by atoms with van der Waals surface area (Å²) in [6.07, 6.45) is 2.83. The van der Waals surface area contributed by atoms with Crippen LogP contribution < -0.4 is 5.32 Å². The summed E-state index contributed by atoms with van der Waals surface area (Å²) in [5.74, 6) is -0.381. The minimum atomic E-state index is -0.687. The van der Waals surface area contributed by atoms with E-state index in [0.29, 0.717) is 29.2 Å². The minimum absolute atomic E-state index is 0.203. The van der Waals surface area contributed by atoms with Gasteiger partial charge in [0.15, 0.2) is 0 Å². The highest BCUT2D eigenvalue weighted by Crippen LogP contribution is 2.47. The van der Waals surface area contributed by atoms with Gasteiger partial charge in [0.1, 0.15) is 5.76 Å². The van der Waals surface area contributed by atoms with Gasteiger partial charge in [0.25, 0.3) is 5.91 Å². The van der Waals surface area contributed by atoms with Crippen LogP contribution in [0.1, 0.15) is 63.1 Å². The van der Waals surface area contributed by atoms with E-state index in [1.807, 2.05) is 26.0 Å². The summed E-state index contributed by atoms with van der Waals surface area (Å²) >= 11 is 6.20. The number of nitrogens with one attached hydrogen (secondary N) is 1. The quantitative estimate of drug-likeness (QED) is 0.717. The van der Waals surface area contributed by atoms with Gasteiger partial charge < -0.3 is 14.8 Å². The third-order valence-electron chi connectivity index (χ3n) is 6.32. The molecule has 1 fully saturated rings. The lowest BCUT2D eigenvalue weighted by Crippen LogP contribution is -2.51. The molecule has 0 bridgehead atoms. The number of esters is 1. The van der Waals surface area contributed by atoms with Gasteiger partial charge in [0.2, 0.25) is 0 Å². The first-order valence-corrected chi connectivity index (χ1v) is 10.5. The molecule has 0 radical (unpaired) electrons. The van der Waals surface area contributed by atoms with Crippen molar-refractivity contribution in [1.29, 1.82) is 0 Å². The molecule has 158 valence electrons. The Labute approximate surface area is 177 Å². The summed E-state index contributed by atoms with van der Waals surface area (Å²) in [6, 6.07) is 3.67. The predicted molar refractivity (Wildman–Crippen MR) is 114 cm³/mol. The zero-order chi connectivity index (χ0) is 21.6. The average molecular weight is 420 g/mol. The van der Waals surface area contributed by atoms with Crippen LogP contribution in [0.25, 0.3) is 5.57 Å². The van der Waals surface area contributed by atoms with Crippen LogP contribution in [0.15, 0.2) is 17.9 Å². The van der Waals surface area contributed by atoms with Gasteiger partial charge in [0, 0.05) is 12.1 Å². The van der Waals surface area contributed by atoms with Gasteiger partial charge in [-0.05, 0) is 75.3 Å². The summed E-state index contributed by atoms with van der Waals surface area (Å²) in [5.41, 5.74) is 2.08. The standard InChI is InChI=1S/C23H30ClNO4/c1-13(2)21(27)29-19-18(17-14(3)11-16(24)12-15(17)4)20(26)25-23(19)9-7-22(5,28-6)8-10-23/h11-13H,7-10H2,1-6H3,(H,25,26). The predicted octanol–water partition coefficient (Wildman–Crippen LogP) is 4.71. The molecule has 3 rings (SSSR count). The second-order valence-corrected chi connectivity index (χ2v) is 9.32. The van der Waals surface area contributed by atoms with E-state index in [1.165, 1.54) is 0 Å². The molecule has 1 aromatic carbocycles. The van der Waals surface area contributed by atoms with Crippen molar-refractivity contribution in [3.05, 3.63) is 39.6 Å². The maximum Gasteiger partial charge on any atom is 0.313 e. The molecule has 29 heavy (non-hydrogen) atoms. The highest BCUT2D eigenvalue weighted by molar-refractivity contribution is 6.31. The van der Waals surface area contributed by atoms with E-state index in [1.54, 1.807) is 21.0 Å². The van der Waals surface area contributed by atoms with Crippen molar-refractivity contribution in [2.75, 3.05) is 7.11 Å². The molecule has 1 aliphatic carbocycles. The average Bonchev–Trinajstić information content (AvgIpc) is 2.89. The van der Waals surface area contributed by atoms with Crippen molar-refractivity contribution in [2.24, 2.45) is 5.92 Å². The summed E-state index contributed by atoms with van der Waals surface area (Å²) in [4.78, 5) is 25.8. The fraction of sp³-hybridized carbons (Fsp3) is 0.565. The number of carbonyl (C=O) groups excluding carboxylic acids is 2. The molecule has 1 saturated carbocycles. The van der Waals surface area contributed by atoms with Gasteiger partial charge in [-0.15, -0.1) is 0 Å². The zero-order valence-corrected chi connectivity index (χ0v) is 18.8. The molecule has 5 nitrogen and oxygen atoms in total. The van der Waals surface area contributed by atoms with Crippen molar-refractivity contribution in [3.8, 4) is 0 Å². The molecule has 1 amide bonds. The maximum absolute atomic E-state index is 13.2. The zero-order valence-electron chi connectivity index (χ0n) is 18.1. The molecule has 1 aliphatic heterocycles. The van der Waals surface area contributed by atoms with Gasteiger partial charge in [-0.3, -0.25) is 9.59 Å². The molecule has 1 aromatic rings. The Hall–Kier alpha value is -1.85. The number of carbonyl (C=O) groups is 2. The summed E-state index contributed by atoms with van der Waals surface area (Å²) in [7, 11) is 1.71. The Morgan fingerprint density at radius 3 is 2.17 bits per heavy atom. The monoisotopic (exact) mass is 419 g/mol. The van der Waals surface area contributed by atoms with Crippen LogP contribution in [-0.4, -0.2) is 30.1 Å². The largest absolute Gasteiger partial charge is 0.427 e. The van der Waals surface area contributed by atoms with E-state index in [0.717, 1.165) is 29.5 Å². The SMILES string of the molecule is COC1(C)CCC2(CC1)NC(=O)C(c1c(C)cc(Cl)cc1C)=C2OC(=O)C(C)C. The number of hydrogen-bond donors (Lipinski definition) is 1. The van der Waals surface area contributed by atoms with Crippen molar-refractivity contribution in [1.82, 2.24) is 5.32 Å². The number of hydrogen-bond acceptors (Lipinski definition) is 4. The Kier molecular flexibility index (Phi) is 5.85. The lowest BCUT2D eigenvalue weighted by Gasteiger charge is -2.42. The molecule has 2 aliphatic rings. The Bertz CT molecular complexity index is 856. The third kappa shape index (κ3) is 3.95. The number of benzene rings is 1. The molecule has 6 heteroatoms. The normalized spacial score (nSPS) is 27.0. The number of rotatable bonds is 4. The van der Waals surface area contributed by atoms with E-state index in [2.05, 4.69) is 12.2 Å². The first-order valence-electron chi connectivity index (χ1n) is 10.1. The highest BCUT2D eigenvalue weighted by atomic mass is 35.5. The number of halogens is 1. The second-order valence-electron chi connectivity index (χ2n) is 8.88. The topological polar surface area (TPSA) is 64.6 Å². The van der Waals surface area contributed by atoms with Crippen LogP contribution in [0.2, 0.25) is 5.02 Å². The summed E-state index contributed by atoms with van der Waals surface area (Å²) in [5, 5.41) is 3.78.